The van der Waals surface area contributed by atoms with E-state index < -0.39 is 11.9 Å². The molecule has 8 heteroatoms. The topological polar surface area (TPSA) is 103 Å². The van der Waals surface area contributed by atoms with Crippen molar-refractivity contribution in [3.05, 3.63) is 70.1 Å². The smallest absolute Gasteiger partial charge is 0.325 e. The quantitative estimate of drug-likeness (QED) is 0.489. The van der Waals surface area contributed by atoms with Gasteiger partial charge in [0.25, 0.3) is 11.5 Å². The highest BCUT2D eigenvalue weighted by Gasteiger charge is 2.19. The summed E-state index contributed by atoms with van der Waals surface area (Å²) in [7, 11) is 0. The summed E-state index contributed by atoms with van der Waals surface area (Å²) in [5.74, 6) is -0.666. The van der Waals surface area contributed by atoms with Crippen molar-refractivity contribution in [1.29, 1.82) is 0 Å². The number of benzene rings is 2. The second kappa shape index (κ2) is 11.6. The number of carbonyl (C=O) groups excluding carboxylic acids is 2. The van der Waals surface area contributed by atoms with Crippen LogP contribution in [0.25, 0.3) is 21.9 Å². The van der Waals surface area contributed by atoms with E-state index >= 15 is 0 Å². The van der Waals surface area contributed by atoms with E-state index in [0.29, 0.717) is 22.9 Å². The van der Waals surface area contributed by atoms with Crippen LogP contribution in [-0.2, 0) is 22.6 Å². The highest BCUT2D eigenvalue weighted by Crippen LogP contribution is 2.31. The third-order valence-corrected chi connectivity index (χ3v) is 5.14. The number of fused-ring (bicyclic) bond motifs is 1. The number of nitrogens with zero attached hydrogens (tertiary/aromatic N) is 1. The monoisotopic (exact) mass is 471 g/mol. The molecule has 0 aliphatic rings. The van der Waals surface area contributed by atoms with Crippen LogP contribution in [0.4, 0.5) is 0 Å². The van der Waals surface area contributed by atoms with Gasteiger partial charge in [-0.05, 0) is 42.0 Å². The van der Waals surface area contributed by atoms with Gasteiger partial charge in [0.2, 0.25) is 0 Å². The van der Waals surface area contributed by atoms with Crippen LogP contribution in [0.5, 0.6) is 0 Å². The van der Waals surface area contributed by atoms with Crippen molar-refractivity contribution in [1.82, 2.24) is 9.88 Å². The van der Waals surface area contributed by atoms with Crippen molar-refractivity contribution in [2.45, 2.75) is 33.9 Å². The van der Waals surface area contributed by atoms with E-state index in [4.69, 9.17) is 10.5 Å². The Bertz CT molecular complexity index is 1190. The minimum atomic E-state index is -0.506. The number of halogens is 1. The normalized spacial score (nSPS) is 10.7. The van der Waals surface area contributed by atoms with Crippen molar-refractivity contribution in [2.24, 2.45) is 11.7 Å². The predicted molar refractivity (Wildman–Crippen MR) is 133 cm³/mol. The van der Waals surface area contributed by atoms with Crippen LogP contribution in [0.2, 0.25) is 0 Å². The lowest BCUT2D eigenvalue weighted by Gasteiger charge is -2.21. The fourth-order valence-electron chi connectivity index (χ4n) is 3.80. The molecule has 0 bridgehead atoms. The molecule has 1 amide bonds. The number of aromatic nitrogens is 1. The number of nitrogens with two attached hydrogens (primary N) is 1. The molecular formula is C25H30ClN3O4. The zero-order chi connectivity index (χ0) is 23.3. The van der Waals surface area contributed by atoms with Crippen molar-refractivity contribution >= 4 is 35.1 Å². The first-order valence-electron chi connectivity index (χ1n) is 10.8. The van der Waals surface area contributed by atoms with Crippen LogP contribution in [-0.4, -0.2) is 29.6 Å². The van der Waals surface area contributed by atoms with Crippen LogP contribution < -0.4 is 16.6 Å². The maximum absolute atomic E-state index is 13.3. The molecule has 0 aliphatic heterocycles. The second-order valence-corrected chi connectivity index (χ2v) is 7.95. The van der Waals surface area contributed by atoms with Gasteiger partial charge in [-0.15, -0.1) is 12.4 Å². The van der Waals surface area contributed by atoms with E-state index in [9.17, 15) is 14.4 Å². The Morgan fingerprint density at radius 2 is 1.79 bits per heavy atom. The number of pyridine rings is 1. The lowest BCUT2D eigenvalue weighted by Crippen LogP contribution is -2.31. The number of esters is 1. The summed E-state index contributed by atoms with van der Waals surface area (Å²) in [5, 5.41) is 3.74. The Kier molecular flexibility index (Phi) is 9.20. The van der Waals surface area contributed by atoms with E-state index in [-0.39, 0.29) is 43.6 Å². The molecular weight excluding hydrogens is 442 g/mol. The minimum absolute atomic E-state index is 0. The lowest BCUT2D eigenvalue weighted by molar-refractivity contribution is -0.141. The van der Waals surface area contributed by atoms with Gasteiger partial charge in [0.05, 0.1) is 6.61 Å². The molecule has 3 rings (SSSR count). The van der Waals surface area contributed by atoms with Gasteiger partial charge >= 0.3 is 5.97 Å². The van der Waals surface area contributed by atoms with E-state index in [0.717, 1.165) is 16.8 Å². The number of ether oxygens (including phenoxy) is 1. The summed E-state index contributed by atoms with van der Waals surface area (Å²) in [4.78, 5) is 37.6. The van der Waals surface area contributed by atoms with Crippen molar-refractivity contribution in [3.8, 4) is 11.1 Å². The van der Waals surface area contributed by atoms with Gasteiger partial charge in [0, 0.05) is 35.3 Å². The average Bonchev–Trinajstić information content (AvgIpc) is 2.79. The first-order valence-corrected chi connectivity index (χ1v) is 10.8. The third kappa shape index (κ3) is 5.80. The predicted octanol–water partition coefficient (Wildman–Crippen LogP) is 3.50. The Balaban J connectivity index is 0.00000385. The molecule has 2 aromatic carbocycles. The fourth-order valence-corrected chi connectivity index (χ4v) is 3.80. The molecule has 0 aliphatic carbocycles. The van der Waals surface area contributed by atoms with Crippen molar-refractivity contribution in [2.75, 3.05) is 13.2 Å². The average molecular weight is 472 g/mol. The molecule has 3 aromatic rings. The fraction of sp³-hybridized carbons (Fsp3) is 0.320. The molecule has 0 spiro atoms. The van der Waals surface area contributed by atoms with Gasteiger partial charge in [-0.3, -0.25) is 14.4 Å². The largest absolute Gasteiger partial charge is 0.465 e. The number of nitrogens with one attached hydrogen (secondary N) is 1. The second-order valence-electron chi connectivity index (χ2n) is 7.95. The van der Waals surface area contributed by atoms with Crippen LogP contribution in [0, 0.1) is 5.92 Å². The minimum Gasteiger partial charge on any atom is -0.465 e. The van der Waals surface area contributed by atoms with Gasteiger partial charge < -0.3 is 20.4 Å². The molecule has 33 heavy (non-hydrogen) atoms. The van der Waals surface area contributed by atoms with Crippen molar-refractivity contribution in [3.63, 3.8) is 0 Å². The lowest BCUT2D eigenvalue weighted by atomic mass is 9.95. The van der Waals surface area contributed by atoms with E-state index in [1.54, 1.807) is 29.7 Å². The summed E-state index contributed by atoms with van der Waals surface area (Å²) < 4.78 is 6.60. The first-order chi connectivity index (χ1) is 15.4. The van der Waals surface area contributed by atoms with Gasteiger partial charge in [0.1, 0.15) is 6.54 Å². The molecule has 1 heterocycles. The molecule has 3 N–H and O–H groups in total. The van der Waals surface area contributed by atoms with E-state index in [1.165, 1.54) is 0 Å². The van der Waals surface area contributed by atoms with Crippen LogP contribution in [0.3, 0.4) is 0 Å². The van der Waals surface area contributed by atoms with Gasteiger partial charge in [-0.2, -0.15) is 0 Å². The zero-order valence-electron chi connectivity index (χ0n) is 19.1. The standard InChI is InChI=1S/C25H29N3O4.ClH/c1-4-32-22(29)14-27-24(30)18-10-11-19-20(12-18)23(17-8-6-5-7-9-17)21(13-26)28(25(19)31)15-16(2)3;/h5-12,16H,4,13-15,26H2,1-3H3,(H,27,30);1H. The molecule has 0 atom stereocenters. The maximum Gasteiger partial charge on any atom is 0.325 e. The van der Waals surface area contributed by atoms with Crippen LogP contribution >= 0.6 is 12.4 Å². The molecule has 0 saturated heterocycles. The number of rotatable bonds is 8. The van der Waals surface area contributed by atoms with Crippen LogP contribution in [0.1, 0.15) is 36.8 Å². The number of carbonyl (C=O) groups is 2. The summed E-state index contributed by atoms with van der Waals surface area (Å²) >= 11 is 0. The first kappa shape index (κ1) is 26.1. The van der Waals surface area contributed by atoms with Gasteiger partial charge in [-0.1, -0.05) is 44.2 Å². The molecule has 0 fully saturated rings. The molecule has 1 aromatic heterocycles. The summed E-state index contributed by atoms with van der Waals surface area (Å²) in [6.07, 6.45) is 0. The molecule has 0 radical (unpaired) electrons. The molecule has 176 valence electrons. The SMILES string of the molecule is CCOC(=O)CNC(=O)c1ccc2c(=O)n(CC(C)C)c(CN)c(-c3ccccc3)c2c1.Cl. The Hall–Kier alpha value is -3.16. The van der Waals surface area contributed by atoms with Crippen LogP contribution in [0.15, 0.2) is 53.3 Å². The summed E-state index contributed by atoms with van der Waals surface area (Å²) in [5.41, 5.74) is 8.84. The molecule has 7 nitrogen and oxygen atoms in total. The van der Waals surface area contributed by atoms with Gasteiger partial charge in [0.15, 0.2) is 0 Å². The maximum atomic E-state index is 13.3. The van der Waals surface area contributed by atoms with E-state index in [1.807, 2.05) is 30.3 Å². The third-order valence-electron chi connectivity index (χ3n) is 5.14. The molecule has 0 saturated carbocycles. The van der Waals surface area contributed by atoms with E-state index in [2.05, 4.69) is 19.2 Å². The number of hydrogen-bond acceptors (Lipinski definition) is 5. The Labute approximate surface area is 199 Å². The Morgan fingerprint density at radius 1 is 1.09 bits per heavy atom. The van der Waals surface area contributed by atoms with Gasteiger partial charge in [-0.25, -0.2) is 0 Å². The molecule has 0 unspecified atom stereocenters. The van der Waals surface area contributed by atoms with Crippen molar-refractivity contribution < 1.29 is 14.3 Å². The number of hydrogen-bond donors (Lipinski definition) is 2. The zero-order valence-corrected chi connectivity index (χ0v) is 19.9. The summed E-state index contributed by atoms with van der Waals surface area (Å²) in [6.45, 7) is 6.56. The number of amides is 1. The highest BCUT2D eigenvalue weighted by atomic mass is 35.5. The Morgan fingerprint density at radius 3 is 2.39 bits per heavy atom. The highest BCUT2D eigenvalue weighted by molar-refractivity contribution is 6.04. The summed E-state index contributed by atoms with van der Waals surface area (Å²) in [6, 6.07) is 14.7.